The molecular weight excluding hydrogens is 480 g/mol. The number of nitrogens with two attached hydrogens (primary N) is 1. The highest BCUT2D eigenvalue weighted by atomic mass is 35.5. The molecule has 0 radical (unpaired) electrons. The second kappa shape index (κ2) is 12.8. The van der Waals surface area contributed by atoms with E-state index in [0.29, 0.717) is 5.56 Å². The van der Waals surface area contributed by atoms with Crippen molar-refractivity contribution in [2.24, 2.45) is 5.73 Å². The van der Waals surface area contributed by atoms with Crippen LogP contribution in [0.3, 0.4) is 0 Å². The Hall–Kier alpha value is -3.07. The van der Waals surface area contributed by atoms with E-state index in [2.05, 4.69) is 15.4 Å². The number of halogens is 1. The van der Waals surface area contributed by atoms with Crippen molar-refractivity contribution < 1.29 is 19.5 Å². The third-order valence-corrected chi connectivity index (χ3v) is 6.04. The van der Waals surface area contributed by atoms with Crippen molar-refractivity contribution in [1.82, 2.24) is 15.4 Å². The summed E-state index contributed by atoms with van der Waals surface area (Å²) in [4.78, 5) is 15.3. The second-order valence-electron chi connectivity index (χ2n) is 9.13. The van der Waals surface area contributed by atoms with Gasteiger partial charge in [0.1, 0.15) is 11.5 Å². The summed E-state index contributed by atoms with van der Waals surface area (Å²) in [5, 5.41) is 27.2. The Labute approximate surface area is 217 Å². The molecule has 2 heterocycles. The zero-order valence-corrected chi connectivity index (χ0v) is 21.8. The standard InChI is InChI=1S/C25H28ClN3O4.C2H7N/c1-15(2)27-25(32)23-22(24(33-28-23)18-12-19(26)21(31)13-20(18)30)17-8-6-16(7-9-17)14-29-10-4-3-5-11-29;1-2-3/h6-9,12-13,15,30-31H,3-5,10-11,14H2,1-2H3,(H,27,32);2-3H2,1H3. The number of hydrogen-bond acceptors (Lipinski definition) is 7. The van der Waals surface area contributed by atoms with Gasteiger partial charge in [-0.2, -0.15) is 0 Å². The van der Waals surface area contributed by atoms with Crippen LogP contribution >= 0.6 is 11.6 Å². The molecular formula is C27H35ClN4O4. The van der Waals surface area contributed by atoms with Gasteiger partial charge < -0.3 is 25.8 Å². The maximum absolute atomic E-state index is 12.9. The van der Waals surface area contributed by atoms with E-state index in [1.807, 2.05) is 45.0 Å². The Bertz CT molecular complexity index is 1160. The number of piperidine rings is 1. The first-order valence-corrected chi connectivity index (χ1v) is 12.7. The number of aromatic hydroxyl groups is 2. The Morgan fingerprint density at radius 1 is 1.14 bits per heavy atom. The molecule has 1 aliphatic rings. The molecule has 2 aromatic carbocycles. The number of benzene rings is 2. The van der Waals surface area contributed by atoms with E-state index in [1.165, 1.54) is 30.9 Å². The van der Waals surface area contributed by atoms with Crippen LogP contribution in [0.15, 0.2) is 40.9 Å². The van der Waals surface area contributed by atoms with Gasteiger partial charge in [-0.25, -0.2) is 0 Å². The van der Waals surface area contributed by atoms with Gasteiger partial charge in [-0.1, -0.05) is 54.4 Å². The summed E-state index contributed by atoms with van der Waals surface area (Å²) < 4.78 is 5.55. The Morgan fingerprint density at radius 2 is 1.78 bits per heavy atom. The first-order valence-electron chi connectivity index (χ1n) is 12.3. The Kier molecular flexibility index (Phi) is 9.75. The summed E-state index contributed by atoms with van der Waals surface area (Å²) in [5.74, 6) is -0.658. The van der Waals surface area contributed by atoms with E-state index in [-0.39, 0.29) is 45.5 Å². The number of amides is 1. The van der Waals surface area contributed by atoms with Crippen LogP contribution in [0.4, 0.5) is 0 Å². The number of likely N-dealkylation sites (tertiary alicyclic amines) is 1. The minimum Gasteiger partial charge on any atom is -0.507 e. The molecule has 1 amide bonds. The smallest absolute Gasteiger partial charge is 0.274 e. The maximum Gasteiger partial charge on any atom is 0.274 e. The molecule has 194 valence electrons. The first-order chi connectivity index (χ1) is 17.2. The molecule has 4 rings (SSSR count). The number of hydrogen-bond donors (Lipinski definition) is 4. The molecule has 1 saturated heterocycles. The molecule has 0 aliphatic carbocycles. The fraction of sp³-hybridized carbons (Fsp3) is 0.407. The fourth-order valence-corrected chi connectivity index (χ4v) is 4.28. The number of aromatic nitrogens is 1. The number of phenolic OH excluding ortho intramolecular Hbond substituents is 2. The number of carbonyl (C=O) groups excluding carboxylic acids is 1. The van der Waals surface area contributed by atoms with Gasteiger partial charge in [0.15, 0.2) is 11.5 Å². The second-order valence-corrected chi connectivity index (χ2v) is 9.53. The van der Waals surface area contributed by atoms with Gasteiger partial charge in [0.2, 0.25) is 0 Å². The van der Waals surface area contributed by atoms with Gasteiger partial charge in [0.05, 0.1) is 16.1 Å². The van der Waals surface area contributed by atoms with E-state index in [0.717, 1.165) is 37.8 Å². The van der Waals surface area contributed by atoms with Crippen molar-refractivity contribution in [3.63, 3.8) is 0 Å². The molecule has 5 N–H and O–H groups in total. The highest BCUT2D eigenvalue weighted by molar-refractivity contribution is 6.32. The molecule has 0 unspecified atom stereocenters. The summed E-state index contributed by atoms with van der Waals surface area (Å²) >= 11 is 6.08. The molecule has 0 spiro atoms. The SMILES string of the molecule is CC(C)NC(=O)c1noc(-c2cc(Cl)c(O)cc2O)c1-c1ccc(CN2CCCCC2)cc1.CCN. The van der Waals surface area contributed by atoms with Crippen molar-refractivity contribution in [1.29, 1.82) is 0 Å². The van der Waals surface area contributed by atoms with E-state index in [1.54, 1.807) is 0 Å². The Morgan fingerprint density at radius 3 is 2.39 bits per heavy atom. The molecule has 1 fully saturated rings. The van der Waals surface area contributed by atoms with Crippen LogP contribution in [0.2, 0.25) is 5.02 Å². The largest absolute Gasteiger partial charge is 0.507 e. The van der Waals surface area contributed by atoms with Gasteiger partial charge in [-0.15, -0.1) is 0 Å². The molecule has 0 saturated carbocycles. The van der Waals surface area contributed by atoms with Crippen LogP contribution in [0.1, 0.15) is 56.1 Å². The van der Waals surface area contributed by atoms with E-state index in [4.69, 9.17) is 21.9 Å². The highest BCUT2D eigenvalue weighted by Gasteiger charge is 2.27. The van der Waals surface area contributed by atoms with E-state index in [9.17, 15) is 15.0 Å². The third kappa shape index (κ3) is 6.78. The Balaban J connectivity index is 0.00000115. The fourth-order valence-electron chi connectivity index (χ4n) is 4.11. The number of nitrogens with zero attached hydrogens (tertiary/aromatic N) is 2. The van der Waals surface area contributed by atoms with E-state index < -0.39 is 0 Å². The normalized spacial score (nSPS) is 13.8. The van der Waals surface area contributed by atoms with Crippen LogP contribution in [-0.2, 0) is 6.54 Å². The minimum absolute atomic E-state index is 0.0511. The highest BCUT2D eigenvalue weighted by Crippen LogP contribution is 2.42. The quantitative estimate of drug-likeness (QED) is 0.358. The van der Waals surface area contributed by atoms with Crippen LogP contribution < -0.4 is 11.1 Å². The average Bonchev–Trinajstić information content (AvgIpc) is 3.28. The lowest BCUT2D eigenvalue weighted by Gasteiger charge is -2.26. The zero-order valence-electron chi connectivity index (χ0n) is 21.1. The lowest BCUT2D eigenvalue weighted by molar-refractivity contribution is 0.0934. The molecule has 9 heteroatoms. The number of rotatable bonds is 6. The first kappa shape index (κ1) is 27.5. The summed E-state index contributed by atoms with van der Waals surface area (Å²) in [7, 11) is 0. The number of phenols is 2. The minimum atomic E-state index is -0.378. The lowest BCUT2D eigenvalue weighted by atomic mass is 9.97. The molecule has 1 aliphatic heterocycles. The van der Waals surface area contributed by atoms with Crippen molar-refractivity contribution in [3.05, 3.63) is 52.7 Å². The average molecular weight is 515 g/mol. The molecule has 3 aromatic rings. The van der Waals surface area contributed by atoms with Gasteiger partial charge in [0.25, 0.3) is 5.91 Å². The third-order valence-electron chi connectivity index (χ3n) is 5.73. The summed E-state index contributed by atoms with van der Waals surface area (Å²) in [6, 6.07) is 10.4. The molecule has 0 atom stereocenters. The lowest BCUT2D eigenvalue weighted by Crippen LogP contribution is -2.30. The van der Waals surface area contributed by atoms with E-state index >= 15 is 0 Å². The van der Waals surface area contributed by atoms with Crippen molar-refractivity contribution >= 4 is 17.5 Å². The van der Waals surface area contributed by atoms with Crippen LogP contribution in [0.5, 0.6) is 11.5 Å². The predicted molar refractivity (Wildman–Crippen MR) is 142 cm³/mol. The van der Waals surface area contributed by atoms with Gasteiger partial charge >= 0.3 is 0 Å². The predicted octanol–water partition coefficient (Wildman–Crippen LogP) is 5.16. The van der Waals surface area contributed by atoms with Crippen molar-refractivity contribution in [2.75, 3.05) is 19.6 Å². The summed E-state index contributed by atoms with van der Waals surface area (Å²) in [6.45, 7) is 9.47. The van der Waals surface area contributed by atoms with Gasteiger partial charge in [-0.05, 0) is 63.5 Å². The van der Waals surface area contributed by atoms with Gasteiger partial charge in [-0.3, -0.25) is 9.69 Å². The molecule has 0 bridgehead atoms. The monoisotopic (exact) mass is 514 g/mol. The van der Waals surface area contributed by atoms with Gasteiger partial charge in [0, 0.05) is 18.7 Å². The zero-order chi connectivity index (χ0) is 26.2. The summed E-state index contributed by atoms with van der Waals surface area (Å²) in [5.41, 5.74) is 7.57. The number of carbonyl (C=O) groups is 1. The van der Waals surface area contributed by atoms with Crippen molar-refractivity contribution in [3.8, 4) is 33.9 Å². The number of nitrogens with one attached hydrogen (secondary N) is 1. The van der Waals surface area contributed by atoms with Crippen LogP contribution in [0, 0.1) is 0 Å². The van der Waals surface area contributed by atoms with Crippen LogP contribution in [0.25, 0.3) is 22.5 Å². The molecule has 36 heavy (non-hydrogen) atoms. The molecule has 1 aromatic heterocycles. The topological polar surface area (TPSA) is 125 Å². The summed E-state index contributed by atoms with van der Waals surface area (Å²) in [6.07, 6.45) is 3.76. The van der Waals surface area contributed by atoms with Crippen LogP contribution in [-0.4, -0.2) is 51.9 Å². The van der Waals surface area contributed by atoms with Crippen molar-refractivity contribution in [2.45, 2.75) is 52.6 Å². The maximum atomic E-state index is 12.9. The molecule has 8 nitrogen and oxygen atoms in total.